The van der Waals surface area contributed by atoms with Gasteiger partial charge in [-0.25, -0.2) is 4.39 Å². The van der Waals surface area contributed by atoms with Crippen molar-refractivity contribution in [2.45, 2.75) is 5.92 Å². The zero-order chi connectivity index (χ0) is 15.4. The Bertz CT molecular complexity index is 741. The lowest BCUT2D eigenvalue weighted by molar-refractivity contribution is -0.385. The molecule has 1 atom stereocenters. The van der Waals surface area contributed by atoms with Crippen LogP contribution in [0.5, 0.6) is 0 Å². The molecule has 0 aliphatic heterocycles. The quantitative estimate of drug-likeness (QED) is 0.488. The van der Waals surface area contributed by atoms with Crippen molar-refractivity contribution in [2.24, 2.45) is 0 Å². The van der Waals surface area contributed by atoms with Gasteiger partial charge in [0.15, 0.2) is 5.78 Å². The number of nitro groups is 1. The van der Waals surface area contributed by atoms with Gasteiger partial charge in [-0.15, -0.1) is 0 Å². The predicted octanol–water partition coefficient (Wildman–Crippen LogP) is 2.62. The lowest BCUT2D eigenvalue weighted by Crippen LogP contribution is -2.13. The fraction of sp³-hybridized carbons (Fsp3) is 0.0714. The van der Waals surface area contributed by atoms with Crippen molar-refractivity contribution in [1.82, 2.24) is 4.98 Å². The number of carbonyl (C=O) groups excluding carboxylic acids is 1. The SMILES string of the molecule is N#CC(C(=O)c1ccc([N+](=O)[O-])cc1F)c1ccncc1. The molecule has 1 heterocycles. The maximum atomic E-state index is 13.8. The summed E-state index contributed by atoms with van der Waals surface area (Å²) in [6, 6.07) is 7.47. The van der Waals surface area contributed by atoms with Gasteiger partial charge in [0.25, 0.3) is 5.69 Å². The number of nitriles is 1. The van der Waals surface area contributed by atoms with Crippen LogP contribution in [-0.2, 0) is 0 Å². The molecular formula is C14H8FN3O3. The third-order valence-corrected chi connectivity index (χ3v) is 2.86. The van der Waals surface area contributed by atoms with Crippen molar-refractivity contribution >= 4 is 11.5 Å². The number of nitro benzene ring substituents is 1. The first-order chi connectivity index (χ1) is 10.0. The fourth-order valence-corrected chi connectivity index (χ4v) is 1.81. The van der Waals surface area contributed by atoms with Crippen molar-refractivity contribution in [3.05, 3.63) is 69.8 Å². The molecule has 0 spiro atoms. The number of aromatic nitrogens is 1. The summed E-state index contributed by atoms with van der Waals surface area (Å²) in [5, 5.41) is 19.7. The molecule has 0 aliphatic rings. The number of benzene rings is 1. The third kappa shape index (κ3) is 2.90. The number of pyridine rings is 1. The number of ketones is 1. The fourth-order valence-electron chi connectivity index (χ4n) is 1.81. The van der Waals surface area contributed by atoms with Crippen molar-refractivity contribution in [1.29, 1.82) is 5.26 Å². The number of Topliss-reactive ketones (excluding diaryl/α,β-unsaturated/α-hetero) is 1. The zero-order valence-electron chi connectivity index (χ0n) is 10.6. The molecule has 2 aromatic rings. The summed E-state index contributed by atoms with van der Waals surface area (Å²) in [6.45, 7) is 0. The van der Waals surface area contributed by atoms with Gasteiger partial charge < -0.3 is 0 Å². The van der Waals surface area contributed by atoms with E-state index >= 15 is 0 Å². The first kappa shape index (κ1) is 14.3. The second-order valence-corrected chi connectivity index (χ2v) is 4.13. The molecule has 0 radical (unpaired) electrons. The molecule has 21 heavy (non-hydrogen) atoms. The van der Waals surface area contributed by atoms with E-state index in [1.165, 1.54) is 24.5 Å². The van der Waals surface area contributed by atoms with Crippen LogP contribution in [0, 0.1) is 27.3 Å². The lowest BCUT2D eigenvalue weighted by Gasteiger charge is -2.08. The number of halogens is 1. The Morgan fingerprint density at radius 1 is 1.33 bits per heavy atom. The maximum absolute atomic E-state index is 13.8. The van der Waals surface area contributed by atoms with Crippen molar-refractivity contribution in [2.75, 3.05) is 0 Å². The Labute approximate surface area is 118 Å². The molecule has 6 nitrogen and oxygen atoms in total. The van der Waals surface area contributed by atoms with E-state index in [4.69, 9.17) is 5.26 Å². The Morgan fingerprint density at radius 2 is 2.00 bits per heavy atom. The van der Waals surface area contributed by atoms with Crippen molar-refractivity contribution < 1.29 is 14.1 Å². The number of hydrogen-bond acceptors (Lipinski definition) is 5. The van der Waals surface area contributed by atoms with Crippen LogP contribution in [0.2, 0.25) is 0 Å². The predicted molar refractivity (Wildman–Crippen MR) is 70.0 cm³/mol. The van der Waals surface area contributed by atoms with E-state index in [0.717, 1.165) is 12.1 Å². The maximum Gasteiger partial charge on any atom is 0.272 e. The molecule has 0 N–H and O–H groups in total. The van der Waals surface area contributed by atoms with E-state index in [9.17, 15) is 19.3 Å². The van der Waals surface area contributed by atoms with Crippen LogP contribution in [0.25, 0.3) is 0 Å². The molecule has 0 amide bonds. The minimum atomic E-state index is -1.19. The number of non-ortho nitro benzene ring substituents is 1. The summed E-state index contributed by atoms with van der Waals surface area (Å²) in [7, 11) is 0. The Balaban J connectivity index is 2.40. The van der Waals surface area contributed by atoms with Gasteiger partial charge in [0.1, 0.15) is 11.7 Å². The topological polar surface area (TPSA) is 96.9 Å². The van der Waals surface area contributed by atoms with Gasteiger partial charge in [-0.3, -0.25) is 19.9 Å². The molecule has 0 fully saturated rings. The molecule has 0 saturated heterocycles. The molecule has 1 aromatic carbocycles. The number of carbonyl (C=O) groups is 1. The van der Waals surface area contributed by atoms with E-state index in [-0.39, 0.29) is 5.56 Å². The highest BCUT2D eigenvalue weighted by atomic mass is 19.1. The van der Waals surface area contributed by atoms with Gasteiger partial charge in [0.2, 0.25) is 0 Å². The van der Waals surface area contributed by atoms with Crippen LogP contribution in [0.1, 0.15) is 21.8 Å². The van der Waals surface area contributed by atoms with E-state index in [0.29, 0.717) is 11.6 Å². The smallest absolute Gasteiger partial charge is 0.272 e. The first-order valence-corrected chi connectivity index (χ1v) is 5.82. The molecule has 0 saturated carbocycles. The molecule has 0 bridgehead atoms. The molecule has 1 unspecified atom stereocenters. The van der Waals surface area contributed by atoms with Gasteiger partial charge in [0, 0.05) is 18.5 Å². The molecular weight excluding hydrogens is 277 g/mol. The number of hydrogen-bond donors (Lipinski definition) is 0. The van der Waals surface area contributed by atoms with Crippen molar-refractivity contribution in [3.63, 3.8) is 0 Å². The van der Waals surface area contributed by atoms with Crippen LogP contribution >= 0.6 is 0 Å². The largest absolute Gasteiger partial charge is 0.292 e. The van der Waals surface area contributed by atoms with E-state index in [1.807, 2.05) is 0 Å². The van der Waals surface area contributed by atoms with Crippen LogP contribution in [0.3, 0.4) is 0 Å². The van der Waals surface area contributed by atoms with Gasteiger partial charge in [-0.2, -0.15) is 5.26 Å². The summed E-state index contributed by atoms with van der Waals surface area (Å²) < 4.78 is 13.8. The summed E-state index contributed by atoms with van der Waals surface area (Å²) in [5.74, 6) is -2.97. The zero-order valence-corrected chi connectivity index (χ0v) is 10.6. The summed E-state index contributed by atoms with van der Waals surface area (Å²) in [4.78, 5) is 25.8. The van der Waals surface area contributed by atoms with Crippen LogP contribution in [0.15, 0.2) is 42.7 Å². The second kappa shape index (κ2) is 5.88. The minimum absolute atomic E-state index is 0.357. The summed E-state index contributed by atoms with van der Waals surface area (Å²) in [6.07, 6.45) is 2.83. The monoisotopic (exact) mass is 285 g/mol. The average Bonchev–Trinajstić information content (AvgIpc) is 2.48. The van der Waals surface area contributed by atoms with Crippen LogP contribution in [-0.4, -0.2) is 15.7 Å². The average molecular weight is 285 g/mol. The number of nitrogens with zero attached hydrogens (tertiary/aromatic N) is 3. The standard InChI is InChI=1S/C14H8FN3O3/c15-13-7-10(18(20)21)1-2-11(13)14(19)12(8-16)9-3-5-17-6-4-9/h1-7,12H. The minimum Gasteiger partial charge on any atom is -0.292 e. The van der Waals surface area contributed by atoms with E-state index in [1.54, 1.807) is 6.07 Å². The third-order valence-electron chi connectivity index (χ3n) is 2.86. The summed E-state index contributed by atoms with van der Waals surface area (Å²) in [5.41, 5.74) is -0.430. The van der Waals surface area contributed by atoms with E-state index < -0.39 is 28.1 Å². The highest BCUT2D eigenvalue weighted by Crippen LogP contribution is 2.24. The first-order valence-electron chi connectivity index (χ1n) is 5.82. The second-order valence-electron chi connectivity index (χ2n) is 4.13. The molecule has 2 rings (SSSR count). The van der Waals surface area contributed by atoms with Gasteiger partial charge in [-0.1, -0.05) is 0 Å². The molecule has 104 valence electrons. The van der Waals surface area contributed by atoms with Crippen LogP contribution in [0.4, 0.5) is 10.1 Å². The Kier molecular flexibility index (Phi) is 4.00. The Hall–Kier alpha value is -3.14. The van der Waals surface area contributed by atoms with Crippen molar-refractivity contribution in [3.8, 4) is 6.07 Å². The highest BCUT2D eigenvalue weighted by molar-refractivity contribution is 6.03. The molecule has 1 aromatic heterocycles. The molecule has 7 heteroatoms. The van der Waals surface area contributed by atoms with Gasteiger partial charge in [0.05, 0.1) is 22.6 Å². The highest BCUT2D eigenvalue weighted by Gasteiger charge is 2.25. The lowest BCUT2D eigenvalue weighted by atomic mass is 9.92. The van der Waals surface area contributed by atoms with Gasteiger partial charge in [-0.05, 0) is 23.8 Å². The normalized spacial score (nSPS) is 11.4. The van der Waals surface area contributed by atoms with E-state index in [2.05, 4.69) is 4.98 Å². The molecule has 0 aliphatic carbocycles. The van der Waals surface area contributed by atoms with Gasteiger partial charge >= 0.3 is 0 Å². The number of rotatable bonds is 4. The summed E-state index contributed by atoms with van der Waals surface area (Å²) >= 11 is 0. The Morgan fingerprint density at radius 3 is 2.52 bits per heavy atom. The van der Waals surface area contributed by atoms with Crippen LogP contribution < -0.4 is 0 Å².